The number of nitrogens with one attached hydrogen (secondary N) is 1. The Bertz CT molecular complexity index is 865. The molecule has 0 fully saturated rings. The third-order valence-corrected chi connectivity index (χ3v) is 4.46. The molecule has 0 saturated heterocycles. The smallest absolute Gasteiger partial charge is 0.234 e. The summed E-state index contributed by atoms with van der Waals surface area (Å²) in [7, 11) is 0. The van der Waals surface area contributed by atoms with Gasteiger partial charge in [0.1, 0.15) is 12.4 Å². The van der Waals surface area contributed by atoms with Crippen LogP contribution in [0.5, 0.6) is 5.75 Å². The first-order valence-electron chi connectivity index (χ1n) is 7.98. The number of benzene rings is 2. The number of thioether (sulfide) groups is 1. The Kier molecular flexibility index (Phi) is 5.75. The number of rotatable bonds is 7. The number of nitrogens with zero attached hydrogens (tertiary/aromatic N) is 3. The van der Waals surface area contributed by atoms with Gasteiger partial charge in [-0.05, 0) is 31.2 Å². The van der Waals surface area contributed by atoms with Crippen molar-refractivity contribution in [3.63, 3.8) is 0 Å². The lowest BCUT2D eigenvalue weighted by Crippen LogP contribution is -2.18. The molecule has 0 radical (unpaired) electrons. The number of nitrogens with two attached hydrogens (primary N) is 1. The molecular formula is C18H19N5O2S. The minimum Gasteiger partial charge on any atom is -0.486 e. The third kappa shape index (κ3) is 4.76. The number of anilines is 1. The Morgan fingerprint density at radius 3 is 2.62 bits per heavy atom. The summed E-state index contributed by atoms with van der Waals surface area (Å²) in [5, 5.41) is 11.3. The van der Waals surface area contributed by atoms with E-state index in [0.29, 0.717) is 11.0 Å². The van der Waals surface area contributed by atoms with E-state index in [1.165, 1.54) is 16.4 Å². The lowest BCUT2D eigenvalue weighted by Gasteiger charge is -2.07. The van der Waals surface area contributed by atoms with Crippen molar-refractivity contribution >= 4 is 23.4 Å². The topological polar surface area (TPSA) is 95.1 Å². The van der Waals surface area contributed by atoms with E-state index >= 15 is 0 Å². The Balaban J connectivity index is 1.51. The van der Waals surface area contributed by atoms with Crippen LogP contribution in [0, 0.1) is 6.92 Å². The first-order chi connectivity index (χ1) is 12.6. The summed E-state index contributed by atoms with van der Waals surface area (Å²) in [6, 6.07) is 17.0. The average molecular weight is 369 g/mol. The zero-order chi connectivity index (χ0) is 18.4. The lowest BCUT2D eigenvalue weighted by atomic mass is 10.2. The Morgan fingerprint density at radius 1 is 1.15 bits per heavy atom. The molecule has 1 amide bonds. The van der Waals surface area contributed by atoms with Gasteiger partial charge in [0.2, 0.25) is 11.1 Å². The third-order valence-electron chi connectivity index (χ3n) is 3.51. The number of para-hydroxylation sites is 1. The van der Waals surface area contributed by atoms with Crippen LogP contribution in [0.15, 0.2) is 59.8 Å². The fourth-order valence-corrected chi connectivity index (χ4v) is 2.81. The van der Waals surface area contributed by atoms with Crippen molar-refractivity contribution in [2.45, 2.75) is 18.7 Å². The number of nitrogen functional groups attached to an aromatic ring is 1. The summed E-state index contributed by atoms with van der Waals surface area (Å²) in [6.07, 6.45) is 0. The molecule has 3 N–H and O–H groups in total. The molecule has 2 aromatic carbocycles. The van der Waals surface area contributed by atoms with E-state index in [9.17, 15) is 4.79 Å². The van der Waals surface area contributed by atoms with E-state index in [0.717, 1.165) is 17.0 Å². The maximum atomic E-state index is 12.0. The number of hydrogen-bond acceptors (Lipinski definition) is 6. The molecule has 26 heavy (non-hydrogen) atoms. The van der Waals surface area contributed by atoms with Crippen molar-refractivity contribution in [2.24, 2.45) is 0 Å². The molecule has 8 heteroatoms. The highest BCUT2D eigenvalue weighted by atomic mass is 32.2. The van der Waals surface area contributed by atoms with Gasteiger partial charge in [0.15, 0.2) is 5.82 Å². The lowest BCUT2D eigenvalue weighted by molar-refractivity contribution is -0.113. The number of carbonyl (C=O) groups excluding carboxylic acids is 1. The molecule has 0 aliphatic heterocycles. The van der Waals surface area contributed by atoms with E-state index in [-0.39, 0.29) is 18.3 Å². The van der Waals surface area contributed by atoms with Crippen LogP contribution in [0.1, 0.15) is 11.4 Å². The molecule has 0 spiro atoms. The van der Waals surface area contributed by atoms with Crippen LogP contribution in [0.3, 0.4) is 0 Å². The van der Waals surface area contributed by atoms with Crippen molar-refractivity contribution in [1.82, 2.24) is 14.9 Å². The Morgan fingerprint density at radius 2 is 1.88 bits per heavy atom. The molecule has 0 aliphatic carbocycles. The summed E-state index contributed by atoms with van der Waals surface area (Å²) in [6.45, 7) is 2.21. The second-order valence-corrected chi connectivity index (χ2v) is 6.52. The van der Waals surface area contributed by atoms with Crippen molar-refractivity contribution in [3.05, 3.63) is 66.0 Å². The van der Waals surface area contributed by atoms with Gasteiger partial charge in [-0.25, -0.2) is 4.68 Å². The number of ether oxygens (including phenoxy) is 1. The molecule has 0 atom stereocenters. The van der Waals surface area contributed by atoms with Gasteiger partial charge in [-0.15, -0.1) is 10.2 Å². The number of aryl methyl sites for hydroxylation is 1. The van der Waals surface area contributed by atoms with Crippen LogP contribution in [-0.2, 0) is 11.4 Å². The molecule has 0 aliphatic rings. The molecule has 1 aromatic heterocycles. The maximum absolute atomic E-state index is 12.0. The Hall–Kier alpha value is -3.00. The molecule has 3 rings (SSSR count). The van der Waals surface area contributed by atoms with E-state index in [1.807, 2.05) is 61.5 Å². The number of hydrogen-bond donors (Lipinski definition) is 2. The quantitative estimate of drug-likeness (QED) is 0.491. The number of amides is 1. The zero-order valence-corrected chi connectivity index (χ0v) is 15.1. The maximum Gasteiger partial charge on any atom is 0.234 e. The van der Waals surface area contributed by atoms with Crippen molar-refractivity contribution < 1.29 is 9.53 Å². The summed E-state index contributed by atoms with van der Waals surface area (Å²) >= 11 is 1.22. The van der Waals surface area contributed by atoms with Crippen molar-refractivity contribution in [2.75, 3.05) is 16.9 Å². The van der Waals surface area contributed by atoms with Gasteiger partial charge in [0, 0.05) is 5.69 Å². The number of carbonyl (C=O) groups is 1. The second-order valence-electron chi connectivity index (χ2n) is 5.57. The zero-order valence-electron chi connectivity index (χ0n) is 14.3. The first-order valence-corrected chi connectivity index (χ1v) is 8.97. The van der Waals surface area contributed by atoms with Crippen LogP contribution in [-0.4, -0.2) is 26.5 Å². The van der Waals surface area contributed by atoms with Crippen molar-refractivity contribution in [1.29, 1.82) is 0 Å². The molecular weight excluding hydrogens is 350 g/mol. The molecule has 134 valence electrons. The van der Waals surface area contributed by atoms with E-state index in [2.05, 4.69) is 15.5 Å². The summed E-state index contributed by atoms with van der Waals surface area (Å²) in [5.41, 5.74) is 1.91. The average Bonchev–Trinajstić information content (AvgIpc) is 3.00. The molecule has 3 aromatic rings. The van der Waals surface area contributed by atoms with Crippen LogP contribution in [0.4, 0.5) is 5.69 Å². The fraction of sp³-hybridized carbons (Fsp3) is 0.167. The van der Waals surface area contributed by atoms with Gasteiger partial charge in [0.25, 0.3) is 0 Å². The highest BCUT2D eigenvalue weighted by molar-refractivity contribution is 7.99. The van der Waals surface area contributed by atoms with Gasteiger partial charge in [-0.1, -0.05) is 47.7 Å². The van der Waals surface area contributed by atoms with Crippen LogP contribution >= 0.6 is 11.8 Å². The highest BCUT2D eigenvalue weighted by Crippen LogP contribution is 2.17. The largest absolute Gasteiger partial charge is 0.486 e. The number of aromatic nitrogens is 3. The van der Waals surface area contributed by atoms with Crippen LogP contribution < -0.4 is 15.9 Å². The van der Waals surface area contributed by atoms with E-state index in [4.69, 9.17) is 10.6 Å². The Labute approximate surface area is 155 Å². The fourth-order valence-electron chi connectivity index (χ4n) is 2.14. The minimum atomic E-state index is -0.137. The molecule has 0 unspecified atom stereocenters. The SMILES string of the molecule is Cc1ccc(OCc2nnc(SCC(=O)Nc3ccccc3)n2N)cc1. The van der Waals surface area contributed by atoms with Gasteiger partial charge < -0.3 is 15.9 Å². The summed E-state index contributed by atoms with van der Waals surface area (Å²) < 4.78 is 7.00. The minimum absolute atomic E-state index is 0.137. The van der Waals surface area contributed by atoms with E-state index < -0.39 is 0 Å². The monoisotopic (exact) mass is 369 g/mol. The van der Waals surface area contributed by atoms with Gasteiger partial charge in [-0.2, -0.15) is 0 Å². The summed E-state index contributed by atoms with van der Waals surface area (Å²) in [5.74, 6) is 7.25. The molecule has 0 bridgehead atoms. The first kappa shape index (κ1) is 17.8. The standard InChI is InChI=1S/C18H19N5O2S/c1-13-7-9-15(10-8-13)25-11-16-21-22-18(23(16)19)26-12-17(24)20-14-5-3-2-4-6-14/h2-10H,11-12,19H2,1H3,(H,20,24). The predicted molar refractivity (Wildman–Crippen MR) is 101 cm³/mol. The normalized spacial score (nSPS) is 10.5. The van der Waals surface area contributed by atoms with Gasteiger partial charge in [-0.3, -0.25) is 4.79 Å². The van der Waals surface area contributed by atoms with Crippen LogP contribution in [0.2, 0.25) is 0 Å². The highest BCUT2D eigenvalue weighted by Gasteiger charge is 2.13. The van der Waals surface area contributed by atoms with E-state index in [1.54, 1.807) is 0 Å². The van der Waals surface area contributed by atoms with Gasteiger partial charge in [0.05, 0.1) is 5.75 Å². The van der Waals surface area contributed by atoms with Crippen molar-refractivity contribution in [3.8, 4) is 5.75 Å². The predicted octanol–water partition coefficient (Wildman–Crippen LogP) is 2.61. The van der Waals surface area contributed by atoms with Gasteiger partial charge >= 0.3 is 0 Å². The molecule has 1 heterocycles. The van der Waals surface area contributed by atoms with Crippen LogP contribution in [0.25, 0.3) is 0 Å². The summed E-state index contributed by atoms with van der Waals surface area (Å²) in [4.78, 5) is 12.0. The molecule has 7 nitrogen and oxygen atoms in total. The molecule has 0 saturated carbocycles. The second kappa shape index (κ2) is 8.39.